The molecule has 3 amide bonds. The van der Waals surface area contributed by atoms with E-state index in [2.05, 4.69) is 18.5 Å². The Morgan fingerprint density at radius 3 is 2.43 bits per heavy atom. The van der Waals surface area contributed by atoms with Crippen LogP contribution in [0.2, 0.25) is 0 Å². The topological polar surface area (TPSA) is 125 Å². The van der Waals surface area contributed by atoms with Gasteiger partial charge in [0.25, 0.3) is 0 Å². The van der Waals surface area contributed by atoms with E-state index < -0.39 is 59.6 Å². The molecule has 2 aromatic carbocycles. The SMILES string of the molecule is C=CCCC(=O)N[C@H](C)[C@@H](OC(=O)[C@@H]1[C@@H]2CC[C@]3(O2)[C@H](C(=O)N(CC=C)Cc2ccccc2)N([C@H](C)CO)C(=O)[C@@H]13)c1ccccc1. The number of nitrogens with zero attached hydrogens (tertiary/aromatic N) is 2. The molecule has 10 heteroatoms. The number of hydrogen-bond acceptors (Lipinski definition) is 7. The first kappa shape index (κ1) is 34.1. The quantitative estimate of drug-likeness (QED) is 0.224. The van der Waals surface area contributed by atoms with E-state index in [1.54, 1.807) is 30.9 Å². The molecule has 2 aromatic rings. The van der Waals surface area contributed by atoms with Crippen molar-refractivity contribution >= 4 is 23.7 Å². The maximum absolute atomic E-state index is 14.5. The van der Waals surface area contributed by atoms with Gasteiger partial charge in [-0.25, -0.2) is 0 Å². The van der Waals surface area contributed by atoms with Crippen LogP contribution in [0.15, 0.2) is 86.0 Å². The van der Waals surface area contributed by atoms with Gasteiger partial charge < -0.3 is 29.7 Å². The fourth-order valence-corrected chi connectivity index (χ4v) is 7.51. The monoisotopic (exact) mass is 643 g/mol. The van der Waals surface area contributed by atoms with Gasteiger partial charge >= 0.3 is 5.97 Å². The van der Waals surface area contributed by atoms with Crippen molar-refractivity contribution in [3.63, 3.8) is 0 Å². The first-order valence-corrected chi connectivity index (χ1v) is 16.4. The zero-order chi connectivity index (χ0) is 33.7. The molecular weight excluding hydrogens is 598 g/mol. The van der Waals surface area contributed by atoms with Crippen LogP contribution < -0.4 is 5.32 Å². The van der Waals surface area contributed by atoms with Crippen LogP contribution in [0.5, 0.6) is 0 Å². The molecule has 3 aliphatic rings. The number of aliphatic hydroxyl groups excluding tert-OH is 1. The van der Waals surface area contributed by atoms with Gasteiger partial charge in [-0.1, -0.05) is 72.8 Å². The molecular formula is C37H45N3O7. The van der Waals surface area contributed by atoms with Crippen LogP contribution in [0.4, 0.5) is 0 Å². The molecule has 47 heavy (non-hydrogen) atoms. The summed E-state index contributed by atoms with van der Waals surface area (Å²) >= 11 is 0. The van der Waals surface area contributed by atoms with Gasteiger partial charge in [-0.3, -0.25) is 19.2 Å². The number of carbonyl (C=O) groups is 4. The van der Waals surface area contributed by atoms with Crippen molar-refractivity contribution in [2.75, 3.05) is 13.2 Å². The minimum atomic E-state index is -1.26. The minimum absolute atomic E-state index is 0.197. The summed E-state index contributed by atoms with van der Waals surface area (Å²) in [5.41, 5.74) is 0.353. The summed E-state index contributed by atoms with van der Waals surface area (Å²) < 4.78 is 12.8. The Kier molecular flexibility index (Phi) is 10.6. The van der Waals surface area contributed by atoms with Gasteiger partial charge in [0, 0.05) is 19.5 Å². The average molecular weight is 644 g/mol. The molecule has 0 radical (unpaired) electrons. The number of hydrogen-bond donors (Lipinski definition) is 2. The van der Waals surface area contributed by atoms with E-state index >= 15 is 0 Å². The van der Waals surface area contributed by atoms with Gasteiger partial charge in [-0.15, -0.1) is 13.2 Å². The van der Waals surface area contributed by atoms with Crippen molar-refractivity contribution < 1.29 is 33.8 Å². The Morgan fingerprint density at radius 2 is 1.79 bits per heavy atom. The predicted octanol–water partition coefficient (Wildman–Crippen LogP) is 3.71. The van der Waals surface area contributed by atoms with Gasteiger partial charge in [-0.05, 0) is 44.2 Å². The van der Waals surface area contributed by atoms with Crippen molar-refractivity contribution in [2.24, 2.45) is 11.8 Å². The molecule has 1 spiro atoms. The van der Waals surface area contributed by atoms with Crippen molar-refractivity contribution in [1.29, 1.82) is 0 Å². The number of nitrogens with one attached hydrogen (secondary N) is 1. The summed E-state index contributed by atoms with van der Waals surface area (Å²) in [6, 6.07) is 16.4. The number of aliphatic hydroxyl groups is 1. The van der Waals surface area contributed by atoms with Crippen LogP contribution in [-0.4, -0.2) is 81.6 Å². The number of likely N-dealkylation sites (tertiary alicyclic amines) is 1. The van der Waals surface area contributed by atoms with E-state index in [0.717, 1.165) is 5.56 Å². The molecule has 2 N–H and O–H groups in total. The third-order valence-electron chi connectivity index (χ3n) is 9.65. The average Bonchev–Trinajstić information content (AvgIpc) is 3.73. The van der Waals surface area contributed by atoms with Gasteiger partial charge in [-0.2, -0.15) is 0 Å². The van der Waals surface area contributed by atoms with Gasteiger partial charge in [0.05, 0.1) is 36.6 Å². The molecule has 0 unspecified atom stereocenters. The number of rotatable bonds is 15. The maximum Gasteiger partial charge on any atom is 0.313 e. The van der Waals surface area contributed by atoms with Crippen molar-refractivity contribution in [1.82, 2.24) is 15.1 Å². The highest BCUT2D eigenvalue weighted by molar-refractivity contribution is 5.98. The lowest BCUT2D eigenvalue weighted by Crippen LogP contribution is -2.58. The summed E-state index contributed by atoms with van der Waals surface area (Å²) in [6.45, 7) is 11.1. The molecule has 3 fully saturated rings. The number of amides is 3. The fourth-order valence-electron chi connectivity index (χ4n) is 7.51. The van der Waals surface area contributed by atoms with Crippen molar-refractivity contribution in [3.05, 3.63) is 97.1 Å². The van der Waals surface area contributed by atoms with Crippen LogP contribution in [0, 0.1) is 11.8 Å². The molecule has 5 rings (SSSR count). The molecule has 3 heterocycles. The predicted molar refractivity (Wildman–Crippen MR) is 175 cm³/mol. The molecule has 3 aliphatic heterocycles. The van der Waals surface area contributed by atoms with Crippen LogP contribution >= 0.6 is 0 Å². The largest absolute Gasteiger partial charge is 0.455 e. The zero-order valence-electron chi connectivity index (χ0n) is 27.1. The highest BCUT2D eigenvalue weighted by Crippen LogP contribution is 2.59. The number of allylic oxidation sites excluding steroid dienone is 1. The van der Waals surface area contributed by atoms with E-state index in [1.807, 2.05) is 60.7 Å². The highest BCUT2D eigenvalue weighted by Gasteiger charge is 2.75. The van der Waals surface area contributed by atoms with Gasteiger partial charge in [0.15, 0.2) is 0 Å². The van der Waals surface area contributed by atoms with E-state index in [0.29, 0.717) is 31.4 Å². The molecule has 0 saturated carbocycles. The Hall–Kier alpha value is -4.28. The molecule has 0 aromatic heterocycles. The molecule has 10 nitrogen and oxygen atoms in total. The molecule has 8 atom stereocenters. The van der Waals surface area contributed by atoms with Crippen LogP contribution in [0.3, 0.4) is 0 Å². The molecule has 250 valence electrons. The third-order valence-corrected chi connectivity index (χ3v) is 9.65. The number of benzene rings is 2. The first-order chi connectivity index (χ1) is 22.7. The van der Waals surface area contributed by atoms with E-state index in [4.69, 9.17) is 9.47 Å². The normalized spacial score (nSPS) is 26.2. The number of esters is 1. The van der Waals surface area contributed by atoms with Crippen molar-refractivity contribution in [2.45, 2.75) is 82.0 Å². The summed E-state index contributed by atoms with van der Waals surface area (Å²) in [6.07, 6.45) is 3.51. The second kappa shape index (κ2) is 14.6. The lowest BCUT2D eigenvalue weighted by Gasteiger charge is -2.38. The Bertz CT molecular complexity index is 1470. The first-order valence-electron chi connectivity index (χ1n) is 16.4. The lowest BCUT2D eigenvalue weighted by molar-refractivity contribution is -0.162. The number of fused-ring (bicyclic) bond motifs is 1. The zero-order valence-corrected chi connectivity index (χ0v) is 27.1. The molecule has 3 saturated heterocycles. The number of ether oxygens (including phenoxy) is 2. The second-order valence-electron chi connectivity index (χ2n) is 12.8. The minimum Gasteiger partial charge on any atom is -0.455 e. The smallest absolute Gasteiger partial charge is 0.313 e. The fraction of sp³-hybridized carbons (Fsp3) is 0.459. The Morgan fingerprint density at radius 1 is 1.11 bits per heavy atom. The standard InChI is InChI=1S/C37H45N3O7/c1-5-7-18-29(42)38-25(4)32(27-16-12-9-13-17-27)46-36(45)30-28-19-20-37(47-28)31(30)34(43)40(24(3)23-41)33(37)35(44)39(21-6-2)22-26-14-10-8-11-15-26/h5-6,8-17,24-25,28,30-33,41H,1-2,7,18-23H2,3-4H3,(H,38,42)/t24-,25-,28+,30-,31-,32-,33+,37-/m1/s1. The highest BCUT2D eigenvalue weighted by atomic mass is 16.6. The summed E-state index contributed by atoms with van der Waals surface area (Å²) in [5, 5.41) is 13.2. The lowest BCUT2D eigenvalue weighted by atomic mass is 9.70. The van der Waals surface area contributed by atoms with Gasteiger partial charge in [0.2, 0.25) is 17.7 Å². The summed E-state index contributed by atoms with van der Waals surface area (Å²) in [7, 11) is 0. The van der Waals surface area contributed by atoms with E-state index in [-0.39, 0.29) is 31.4 Å². The van der Waals surface area contributed by atoms with Crippen LogP contribution in [0.1, 0.15) is 56.8 Å². The van der Waals surface area contributed by atoms with Crippen molar-refractivity contribution in [3.8, 4) is 0 Å². The van der Waals surface area contributed by atoms with E-state index in [1.165, 1.54) is 4.90 Å². The van der Waals surface area contributed by atoms with E-state index in [9.17, 15) is 24.3 Å². The van der Waals surface area contributed by atoms with Crippen LogP contribution in [0.25, 0.3) is 0 Å². The maximum atomic E-state index is 14.5. The Balaban J connectivity index is 1.45. The third kappa shape index (κ3) is 6.62. The summed E-state index contributed by atoms with van der Waals surface area (Å²) in [4.78, 5) is 58.7. The number of carbonyl (C=O) groups excluding carboxylic acids is 4. The second-order valence-corrected chi connectivity index (χ2v) is 12.8. The van der Waals surface area contributed by atoms with Gasteiger partial charge in [0.1, 0.15) is 17.7 Å². The Labute approximate surface area is 276 Å². The summed E-state index contributed by atoms with van der Waals surface area (Å²) in [5.74, 6) is -3.47. The molecule has 2 bridgehead atoms. The van der Waals surface area contributed by atoms with Crippen LogP contribution in [-0.2, 0) is 35.2 Å². The molecule has 0 aliphatic carbocycles.